The fraction of sp³-hybridized carbons (Fsp3) is 0.667. The molecule has 1 N–H and O–H groups in total. The Labute approximate surface area is 178 Å². The molecule has 1 aliphatic carbocycles. The summed E-state index contributed by atoms with van der Waals surface area (Å²) in [7, 11) is -3.43. The summed E-state index contributed by atoms with van der Waals surface area (Å²) in [5.74, 6) is 0.532. The van der Waals surface area contributed by atoms with Gasteiger partial charge in [0.2, 0.25) is 10.0 Å². The van der Waals surface area contributed by atoms with E-state index in [9.17, 15) is 17.6 Å². The summed E-state index contributed by atoms with van der Waals surface area (Å²) in [5.41, 5.74) is 1.35. The Bertz CT molecular complexity index is 784. The number of nitrogens with zero attached hydrogens (tertiary/aromatic N) is 1. The number of benzene rings is 1. The first-order chi connectivity index (χ1) is 14.4. The lowest BCUT2D eigenvalue weighted by Crippen LogP contribution is -2.49. The van der Waals surface area contributed by atoms with E-state index in [1.165, 1.54) is 10.5 Å². The normalized spacial score (nSPS) is 27.2. The first kappa shape index (κ1) is 23.0. The molecule has 168 valence electrons. The summed E-state index contributed by atoms with van der Waals surface area (Å²) in [4.78, 5) is 13.7. The van der Waals surface area contributed by atoms with Gasteiger partial charge in [-0.15, -0.1) is 0 Å². The number of amides is 1. The van der Waals surface area contributed by atoms with Crippen LogP contribution >= 0.6 is 0 Å². The number of hydrogen-bond acceptors (Lipinski definition) is 5. The SMILES string of the molecule is CS(=O)(=O)NC1CCN(C(=O)OCCF)C1COC1CCC(c2ccccc2)CC1. The Morgan fingerprint density at radius 1 is 1.17 bits per heavy atom. The van der Waals surface area contributed by atoms with E-state index in [-0.39, 0.29) is 19.3 Å². The van der Waals surface area contributed by atoms with Gasteiger partial charge >= 0.3 is 6.09 Å². The molecule has 2 fully saturated rings. The number of hydrogen-bond donors (Lipinski definition) is 1. The summed E-state index contributed by atoms with van der Waals surface area (Å²) < 4.78 is 49.4. The molecule has 0 bridgehead atoms. The van der Waals surface area contributed by atoms with Crippen LogP contribution < -0.4 is 4.72 Å². The zero-order valence-electron chi connectivity index (χ0n) is 17.3. The molecular formula is C21H31FN2O5S. The van der Waals surface area contributed by atoms with Gasteiger partial charge in [-0.2, -0.15) is 0 Å². The molecule has 1 amide bonds. The minimum atomic E-state index is -3.43. The molecule has 2 atom stereocenters. The van der Waals surface area contributed by atoms with Gasteiger partial charge in [-0.1, -0.05) is 30.3 Å². The minimum absolute atomic E-state index is 0.0770. The number of carbonyl (C=O) groups excluding carboxylic acids is 1. The molecular weight excluding hydrogens is 411 g/mol. The maximum atomic E-state index is 12.4. The predicted octanol–water partition coefficient (Wildman–Crippen LogP) is 2.83. The molecule has 2 aliphatic rings. The number of sulfonamides is 1. The second-order valence-electron chi connectivity index (χ2n) is 8.07. The van der Waals surface area contributed by atoms with Gasteiger partial charge in [0.05, 0.1) is 25.0 Å². The average molecular weight is 443 g/mol. The third-order valence-corrected chi connectivity index (χ3v) is 6.63. The van der Waals surface area contributed by atoms with Crippen molar-refractivity contribution in [3.05, 3.63) is 35.9 Å². The maximum absolute atomic E-state index is 12.4. The minimum Gasteiger partial charge on any atom is -0.447 e. The van der Waals surface area contributed by atoms with Gasteiger partial charge in [0.15, 0.2) is 0 Å². The lowest BCUT2D eigenvalue weighted by Gasteiger charge is -2.32. The Morgan fingerprint density at radius 3 is 2.50 bits per heavy atom. The first-order valence-electron chi connectivity index (χ1n) is 10.5. The van der Waals surface area contributed by atoms with Crippen molar-refractivity contribution in [3.63, 3.8) is 0 Å². The van der Waals surface area contributed by atoms with E-state index >= 15 is 0 Å². The van der Waals surface area contributed by atoms with E-state index in [1.54, 1.807) is 0 Å². The highest BCUT2D eigenvalue weighted by atomic mass is 32.2. The van der Waals surface area contributed by atoms with Gasteiger partial charge in [0.25, 0.3) is 0 Å². The zero-order valence-corrected chi connectivity index (χ0v) is 18.2. The van der Waals surface area contributed by atoms with E-state index in [2.05, 4.69) is 29.0 Å². The fourth-order valence-electron chi connectivity index (χ4n) is 4.43. The zero-order chi connectivity index (χ0) is 21.6. The lowest BCUT2D eigenvalue weighted by atomic mass is 9.83. The van der Waals surface area contributed by atoms with Crippen molar-refractivity contribution in [1.82, 2.24) is 9.62 Å². The monoisotopic (exact) mass is 442 g/mol. The van der Waals surface area contributed by atoms with E-state index in [4.69, 9.17) is 9.47 Å². The van der Waals surface area contributed by atoms with E-state index in [0.717, 1.165) is 31.9 Å². The number of carbonyl (C=O) groups is 1. The molecule has 1 aromatic carbocycles. The van der Waals surface area contributed by atoms with Crippen LogP contribution in [0.25, 0.3) is 0 Å². The van der Waals surface area contributed by atoms with Crippen molar-refractivity contribution in [2.24, 2.45) is 0 Å². The Hall–Kier alpha value is -1.71. The lowest BCUT2D eigenvalue weighted by molar-refractivity contribution is -0.00718. The summed E-state index contributed by atoms with van der Waals surface area (Å²) in [5, 5.41) is 0. The largest absolute Gasteiger partial charge is 0.447 e. The van der Waals surface area contributed by atoms with E-state index < -0.39 is 34.9 Å². The quantitative estimate of drug-likeness (QED) is 0.669. The van der Waals surface area contributed by atoms with E-state index in [1.807, 2.05) is 6.07 Å². The number of likely N-dealkylation sites (tertiary alicyclic amines) is 1. The number of nitrogens with one attached hydrogen (secondary N) is 1. The van der Waals surface area contributed by atoms with Crippen LogP contribution in [0.4, 0.5) is 9.18 Å². The van der Waals surface area contributed by atoms with Gasteiger partial charge < -0.3 is 14.4 Å². The van der Waals surface area contributed by atoms with Crippen LogP contribution in [0.5, 0.6) is 0 Å². The van der Waals surface area contributed by atoms with Crippen molar-refractivity contribution < 1.29 is 27.1 Å². The molecule has 1 heterocycles. The molecule has 2 unspecified atom stereocenters. The molecule has 1 aliphatic heterocycles. The molecule has 0 spiro atoms. The molecule has 7 nitrogen and oxygen atoms in total. The average Bonchev–Trinajstić information content (AvgIpc) is 3.12. The van der Waals surface area contributed by atoms with Crippen LogP contribution in [0.15, 0.2) is 30.3 Å². The molecule has 1 aromatic rings. The van der Waals surface area contributed by atoms with Gasteiger partial charge in [0.1, 0.15) is 13.3 Å². The van der Waals surface area contributed by atoms with Crippen molar-refractivity contribution in [2.75, 3.05) is 32.7 Å². The number of ether oxygens (including phenoxy) is 2. The highest BCUT2D eigenvalue weighted by molar-refractivity contribution is 7.88. The number of halogens is 1. The number of rotatable bonds is 8. The maximum Gasteiger partial charge on any atom is 0.410 e. The van der Waals surface area contributed by atoms with Crippen molar-refractivity contribution in [3.8, 4) is 0 Å². The van der Waals surface area contributed by atoms with Gasteiger partial charge in [-0.05, 0) is 43.6 Å². The third-order valence-electron chi connectivity index (χ3n) is 5.90. The highest BCUT2D eigenvalue weighted by Crippen LogP contribution is 2.34. The molecule has 0 radical (unpaired) electrons. The third kappa shape index (κ3) is 6.39. The standard InChI is InChI=1S/C21H31FN2O5S/c1-30(26,27)23-19-11-13-24(21(25)28-14-12-22)20(19)15-29-18-9-7-17(8-10-18)16-5-3-2-4-6-16/h2-6,17-20,23H,7-15H2,1H3. The topological polar surface area (TPSA) is 84.9 Å². The van der Waals surface area contributed by atoms with Gasteiger partial charge in [-0.25, -0.2) is 22.3 Å². The number of alkyl halides is 1. The van der Waals surface area contributed by atoms with Crippen molar-refractivity contribution in [1.29, 1.82) is 0 Å². The van der Waals surface area contributed by atoms with Crippen LogP contribution in [-0.4, -0.2) is 70.3 Å². The smallest absolute Gasteiger partial charge is 0.410 e. The summed E-state index contributed by atoms with van der Waals surface area (Å²) >= 11 is 0. The highest BCUT2D eigenvalue weighted by Gasteiger charge is 2.40. The van der Waals surface area contributed by atoms with E-state index in [0.29, 0.717) is 18.9 Å². The van der Waals surface area contributed by atoms with Crippen LogP contribution in [0.3, 0.4) is 0 Å². The molecule has 0 aromatic heterocycles. The van der Waals surface area contributed by atoms with Gasteiger partial charge in [0, 0.05) is 12.6 Å². The van der Waals surface area contributed by atoms with Crippen molar-refractivity contribution in [2.45, 2.75) is 56.2 Å². The summed E-state index contributed by atoms with van der Waals surface area (Å²) in [6.45, 7) is -0.501. The predicted molar refractivity (Wildman–Crippen MR) is 112 cm³/mol. The van der Waals surface area contributed by atoms with Gasteiger partial charge in [-0.3, -0.25) is 0 Å². The molecule has 3 rings (SSSR count). The second-order valence-corrected chi connectivity index (χ2v) is 9.85. The van der Waals surface area contributed by atoms with Crippen molar-refractivity contribution >= 4 is 16.1 Å². The molecule has 30 heavy (non-hydrogen) atoms. The van der Waals surface area contributed by atoms with Crippen LogP contribution in [0.2, 0.25) is 0 Å². The first-order valence-corrected chi connectivity index (χ1v) is 12.4. The fourth-order valence-corrected chi connectivity index (χ4v) is 5.26. The Morgan fingerprint density at radius 2 is 1.87 bits per heavy atom. The Kier molecular flexibility index (Phi) is 8.07. The molecule has 1 saturated carbocycles. The van der Waals surface area contributed by atoms with Crippen LogP contribution in [0.1, 0.15) is 43.6 Å². The Balaban J connectivity index is 1.56. The van der Waals surface area contributed by atoms with Crippen LogP contribution in [-0.2, 0) is 19.5 Å². The molecule has 9 heteroatoms. The summed E-state index contributed by atoms with van der Waals surface area (Å²) in [6, 6.07) is 9.54. The second kappa shape index (κ2) is 10.5. The molecule has 1 saturated heterocycles. The summed E-state index contributed by atoms with van der Waals surface area (Å²) in [6.07, 6.45) is 4.91. The van der Waals surface area contributed by atoms with Crippen LogP contribution in [0, 0.1) is 0 Å².